The number of hydrogen-bond acceptors (Lipinski definition) is 3. The van der Waals surface area contributed by atoms with Gasteiger partial charge in [0.05, 0.1) is 0 Å². The summed E-state index contributed by atoms with van der Waals surface area (Å²) < 4.78 is 0. The fraction of sp³-hybridized carbons (Fsp3) is 0.500. The number of hydrogen-bond donors (Lipinski definition) is 1. The van der Waals surface area contributed by atoms with Gasteiger partial charge in [0.15, 0.2) is 0 Å². The average molecular weight is 233 g/mol. The monoisotopic (exact) mass is 233 g/mol. The molecule has 0 fully saturated rings. The van der Waals surface area contributed by atoms with Crippen LogP contribution in [0.3, 0.4) is 0 Å². The fourth-order valence-corrected chi connectivity index (χ4v) is 1.80. The van der Waals surface area contributed by atoms with Crippen LogP contribution in [-0.4, -0.2) is 17.1 Å². The van der Waals surface area contributed by atoms with Gasteiger partial charge in [-0.15, -0.1) is 6.58 Å². The second-order valence-electron chi connectivity index (χ2n) is 5.28. The van der Waals surface area contributed by atoms with Gasteiger partial charge in [-0.1, -0.05) is 12.1 Å². The number of pyridine rings is 1. The van der Waals surface area contributed by atoms with Gasteiger partial charge in [0.2, 0.25) is 0 Å². The lowest BCUT2D eigenvalue weighted by Gasteiger charge is -2.37. The van der Waals surface area contributed by atoms with Gasteiger partial charge in [0.25, 0.3) is 0 Å². The Labute approximate surface area is 104 Å². The van der Waals surface area contributed by atoms with Crippen LogP contribution in [-0.2, 0) is 0 Å². The van der Waals surface area contributed by atoms with Crippen molar-refractivity contribution in [1.29, 1.82) is 0 Å². The van der Waals surface area contributed by atoms with Crippen LogP contribution in [0, 0.1) is 0 Å². The molecule has 17 heavy (non-hydrogen) atoms. The summed E-state index contributed by atoms with van der Waals surface area (Å²) in [7, 11) is 0. The number of rotatable bonds is 4. The van der Waals surface area contributed by atoms with Crippen LogP contribution in [0.5, 0.6) is 0 Å². The normalized spacial score (nSPS) is 13.2. The van der Waals surface area contributed by atoms with Crippen molar-refractivity contribution >= 4 is 5.82 Å². The molecule has 0 radical (unpaired) electrons. The molecule has 0 spiro atoms. The Balaban J connectivity index is 3.23. The highest BCUT2D eigenvalue weighted by atomic mass is 15.2. The summed E-state index contributed by atoms with van der Waals surface area (Å²) in [6.45, 7) is 13.0. The molecule has 1 heterocycles. The van der Waals surface area contributed by atoms with Crippen molar-refractivity contribution in [2.24, 2.45) is 5.73 Å². The summed E-state index contributed by atoms with van der Waals surface area (Å²) in [5, 5.41) is 0. The Hall–Kier alpha value is -1.35. The zero-order valence-corrected chi connectivity index (χ0v) is 11.3. The molecule has 2 N–H and O–H groups in total. The fourth-order valence-electron chi connectivity index (χ4n) is 1.80. The summed E-state index contributed by atoms with van der Waals surface area (Å²) >= 11 is 0. The lowest BCUT2D eigenvalue weighted by molar-refractivity contribution is 0.514. The molecule has 1 rings (SSSR count). The van der Waals surface area contributed by atoms with Crippen molar-refractivity contribution in [3.05, 3.63) is 36.5 Å². The molecule has 0 saturated carbocycles. The third kappa shape index (κ3) is 3.30. The van der Waals surface area contributed by atoms with Gasteiger partial charge in [-0.3, -0.25) is 0 Å². The van der Waals surface area contributed by atoms with Crippen LogP contribution >= 0.6 is 0 Å². The number of nitrogens with zero attached hydrogens (tertiary/aromatic N) is 2. The third-order valence-corrected chi connectivity index (χ3v) is 2.68. The van der Waals surface area contributed by atoms with Crippen LogP contribution in [0.2, 0.25) is 0 Å². The molecular formula is C14H23N3. The van der Waals surface area contributed by atoms with Crippen molar-refractivity contribution in [2.45, 2.75) is 39.3 Å². The first-order valence-corrected chi connectivity index (χ1v) is 5.97. The first-order chi connectivity index (χ1) is 7.88. The van der Waals surface area contributed by atoms with E-state index in [0.29, 0.717) is 0 Å². The van der Waals surface area contributed by atoms with Gasteiger partial charge < -0.3 is 10.6 Å². The summed E-state index contributed by atoms with van der Waals surface area (Å²) in [6, 6.07) is 3.94. The number of anilines is 1. The van der Waals surface area contributed by atoms with Gasteiger partial charge in [-0.05, 0) is 33.8 Å². The van der Waals surface area contributed by atoms with E-state index in [1.54, 1.807) is 0 Å². The van der Waals surface area contributed by atoms with Crippen LogP contribution in [0.4, 0.5) is 5.82 Å². The molecule has 1 aromatic heterocycles. The third-order valence-electron chi connectivity index (χ3n) is 2.68. The summed E-state index contributed by atoms with van der Waals surface area (Å²) in [4.78, 5) is 6.70. The lowest BCUT2D eigenvalue weighted by Crippen LogP contribution is -2.43. The maximum Gasteiger partial charge on any atom is 0.133 e. The standard InChI is InChI=1S/C14H23N3/c1-6-10-17(14(3,4)5)13-12(11(2)15)8-7-9-16-13/h6-9,11H,1,10,15H2,2-5H3/t11-/m0/s1. The minimum atomic E-state index is -0.0200. The van der Waals surface area contributed by atoms with E-state index in [9.17, 15) is 0 Å². The molecule has 0 aliphatic carbocycles. The van der Waals surface area contributed by atoms with Gasteiger partial charge in [0, 0.05) is 29.9 Å². The van der Waals surface area contributed by atoms with Gasteiger partial charge >= 0.3 is 0 Å². The van der Waals surface area contributed by atoms with Crippen LogP contribution < -0.4 is 10.6 Å². The topological polar surface area (TPSA) is 42.2 Å². The highest BCUT2D eigenvalue weighted by Crippen LogP contribution is 2.27. The van der Waals surface area contributed by atoms with Gasteiger partial charge in [0.1, 0.15) is 5.82 Å². The Morgan fingerprint density at radius 1 is 1.53 bits per heavy atom. The Kier molecular flexibility index (Phi) is 4.29. The van der Waals surface area contributed by atoms with Crippen molar-refractivity contribution in [2.75, 3.05) is 11.4 Å². The molecule has 3 heteroatoms. The van der Waals surface area contributed by atoms with E-state index in [1.807, 2.05) is 31.3 Å². The molecule has 0 aromatic carbocycles. The number of nitrogens with two attached hydrogens (primary N) is 1. The van der Waals surface area contributed by atoms with E-state index in [1.165, 1.54) is 0 Å². The Morgan fingerprint density at radius 2 is 2.18 bits per heavy atom. The molecule has 1 aromatic rings. The van der Waals surface area contributed by atoms with Crippen molar-refractivity contribution in [1.82, 2.24) is 4.98 Å². The predicted octanol–water partition coefficient (Wildman–Crippen LogP) is 2.89. The Bertz CT molecular complexity index is 377. The molecule has 0 saturated heterocycles. The molecule has 0 aliphatic heterocycles. The molecule has 94 valence electrons. The average Bonchev–Trinajstić information content (AvgIpc) is 2.24. The second-order valence-corrected chi connectivity index (χ2v) is 5.28. The first kappa shape index (κ1) is 13.7. The summed E-state index contributed by atoms with van der Waals surface area (Å²) in [5.74, 6) is 0.954. The smallest absolute Gasteiger partial charge is 0.133 e. The second kappa shape index (κ2) is 5.32. The van der Waals surface area contributed by atoms with E-state index in [0.717, 1.165) is 17.9 Å². The Morgan fingerprint density at radius 3 is 2.65 bits per heavy atom. The molecule has 1 atom stereocenters. The summed E-state index contributed by atoms with van der Waals surface area (Å²) in [6.07, 6.45) is 3.70. The zero-order valence-electron chi connectivity index (χ0n) is 11.3. The van der Waals surface area contributed by atoms with Crippen LogP contribution in [0.1, 0.15) is 39.3 Å². The highest BCUT2D eigenvalue weighted by molar-refractivity contribution is 5.50. The lowest BCUT2D eigenvalue weighted by atomic mass is 10.0. The van der Waals surface area contributed by atoms with E-state index in [-0.39, 0.29) is 11.6 Å². The van der Waals surface area contributed by atoms with E-state index >= 15 is 0 Å². The van der Waals surface area contributed by atoms with Crippen molar-refractivity contribution in [3.8, 4) is 0 Å². The minimum absolute atomic E-state index is 0.00775. The molecule has 0 amide bonds. The van der Waals surface area contributed by atoms with E-state index < -0.39 is 0 Å². The maximum absolute atomic E-state index is 6.00. The molecule has 0 unspecified atom stereocenters. The maximum atomic E-state index is 6.00. The van der Waals surface area contributed by atoms with Gasteiger partial charge in [-0.2, -0.15) is 0 Å². The van der Waals surface area contributed by atoms with Crippen LogP contribution in [0.15, 0.2) is 31.0 Å². The van der Waals surface area contributed by atoms with E-state index in [4.69, 9.17) is 5.73 Å². The molecule has 0 aliphatic rings. The number of aromatic nitrogens is 1. The van der Waals surface area contributed by atoms with Crippen molar-refractivity contribution in [3.63, 3.8) is 0 Å². The summed E-state index contributed by atoms with van der Waals surface area (Å²) in [5.41, 5.74) is 7.06. The van der Waals surface area contributed by atoms with Gasteiger partial charge in [-0.25, -0.2) is 4.98 Å². The van der Waals surface area contributed by atoms with Crippen molar-refractivity contribution < 1.29 is 0 Å². The van der Waals surface area contributed by atoms with Crippen LogP contribution in [0.25, 0.3) is 0 Å². The molecular weight excluding hydrogens is 210 g/mol. The first-order valence-electron chi connectivity index (χ1n) is 5.97. The predicted molar refractivity (Wildman–Crippen MR) is 74.1 cm³/mol. The zero-order chi connectivity index (χ0) is 13.1. The van der Waals surface area contributed by atoms with E-state index in [2.05, 4.69) is 37.2 Å². The highest BCUT2D eigenvalue weighted by Gasteiger charge is 2.24. The SMILES string of the molecule is C=CCN(c1ncccc1[C@H](C)N)C(C)(C)C. The quantitative estimate of drug-likeness (QED) is 0.813. The molecule has 3 nitrogen and oxygen atoms in total. The minimum Gasteiger partial charge on any atom is -0.348 e. The molecule has 0 bridgehead atoms. The largest absolute Gasteiger partial charge is 0.348 e.